The quantitative estimate of drug-likeness (QED) is 0.154. The molecule has 0 nitrogen and oxygen atoms in total. The molecule has 0 spiro atoms. The molecule has 202 valence electrons. The van der Waals surface area contributed by atoms with Crippen molar-refractivity contribution in [3.8, 4) is 32.6 Å². The summed E-state index contributed by atoms with van der Waals surface area (Å²) in [6, 6.07) is 26.8. The van der Waals surface area contributed by atoms with Gasteiger partial charge < -0.3 is 0 Å². The molecule has 40 heavy (non-hydrogen) atoms. The second-order valence-corrected chi connectivity index (χ2v) is 11.0. The van der Waals surface area contributed by atoms with E-state index in [0.29, 0.717) is 26.5 Å². The number of alkyl halides is 6. The zero-order chi connectivity index (χ0) is 28.5. The molecule has 4 aromatic rings. The lowest BCUT2D eigenvalue weighted by Gasteiger charge is -2.25. The monoisotopic (exact) mass is 582 g/mol. The summed E-state index contributed by atoms with van der Waals surface area (Å²) < 4.78 is 91.8. The second-order valence-electron chi connectivity index (χ2n) is 9.02. The smallest absolute Gasteiger partial charge is 0.194 e. The fourth-order valence-corrected chi connectivity index (χ4v) is 6.38. The number of thioether (sulfide) groups is 1. The van der Waals surface area contributed by atoms with Crippen molar-refractivity contribution in [2.45, 2.75) is 24.2 Å². The van der Waals surface area contributed by atoms with Gasteiger partial charge in [0.1, 0.15) is 0 Å². The summed E-state index contributed by atoms with van der Waals surface area (Å²) >= 11 is 1.94. The predicted molar refractivity (Wildman–Crippen MR) is 152 cm³/mol. The fraction of sp³-hybridized carbons (Fsp3) is 0.125. The van der Waals surface area contributed by atoms with Crippen molar-refractivity contribution >= 4 is 33.6 Å². The molecule has 0 unspecified atom stereocenters. The second kappa shape index (κ2) is 10.7. The first kappa shape index (κ1) is 27.9. The van der Waals surface area contributed by atoms with Crippen molar-refractivity contribution in [2.24, 2.45) is 0 Å². The maximum Gasteiger partial charge on any atom is 0.380 e. The van der Waals surface area contributed by atoms with Crippen LogP contribution in [-0.2, 0) is 0 Å². The van der Waals surface area contributed by atoms with Crippen molar-refractivity contribution in [1.29, 1.82) is 0 Å². The first-order valence-electron chi connectivity index (χ1n) is 12.1. The van der Waals surface area contributed by atoms with Crippen molar-refractivity contribution in [3.05, 3.63) is 120 Å². The van der Waals surface area contributed by atoms with E-state index in [2.05, 4.69) is 5.25 Å². The lowest BCUT2D eigenvalue weighted by Crippen LogP contribution is -2.49. The molecule has 0 saturated carbocycles. The molecule has 1 aliphatic carbocycles. The van der Waals surface area contributed by atoms with E-state index in [1.807, 2.05) is 0 Å². The average molecular weight is 583 g/mol. The summed E-state index contributed by atoms with van der Waals surface area (Å²) in [6.45, 7) is 0. The molecule has 0 fully saturated rings. The van der Waals surface area contributed by atoms with Gasteiger partial charge in [-0.25, -0.2) is 0 Å². The van der Waals surface area contributed by atoms with E-state index in [1.54, 1.807) is 91.0 Å². The molecule has 1 heterocycles. The van der Waals surface area contributed by atoms with Gasteiger partial charge in [0.25, 0.3) is 0 Å². The Bertz CT molecular complexity index is 1610. The highest BCUT2D eigenvalue weighted by molar-refractivity contribution is 8.12. The van der Waals surface area contributed by atoms with Gasteiger partial charge in [-0.05, 0) is 46.2 Å². The van der Waals surface area contributed by atoms with Gasteiger partial charge in [0.2, 0.25) is 0 Å². The van der Waals surface area contributed by atoms with E-state index in [0.717, 1.165) is 23.1 Å². The Morgan fingerprint density at radius 2 is 1.32 bits per heavy atom. The maximum atomic E-state index is 15.6. The number of halogens is 6. The van der Waals surface area contributed by atoms with Crippen LogP contribution in [0.15, 0.2) is 109 Å². The molecular formula is C32H20F6S2. The zero-order valence-electron chi connectivity index (χ0n) is 20.7. The van der Waals surface area contributed by atoms with Crippen molar-refractivity contribution in [2.75, 3.05) is 0 Å². The Kier molecular flexibility index (Phi) is 7.47. The zero-order valence-corrected chi connectivity index (χ0v) is 22.3. The van der Waals surface area contributed by atoms with Gasteiger partial charge in [-0.15, -0.1) is 17.8 Å². The van der Waals surface area contributed by atoms with Crippen LogP contribution in [-0.4, -0.2) is 17.8 Å². The minimum atomic E-state index is -5.63. The third-order valence-electron chi connectivity index (χ3n) is 6.60. The topological polar surface area (TPSA) is 0 Å². The van der Waals surface area contributed by atoms with Crippen LogP contribution < -0.4 is 0 Å². The summed E-state index contributed by atoms with van der Waals surface area (Å²) in [5.74, 6) is -15.9. The SMILES string of the molecule is C#CS/C(=C\CC1=C(c2cc(-c3ccccc3)sc2-c2ccccc2)C(F)(F)C(F)(F)C1(F)F)c1ccccc1. The molecule has 3 aromatic carbocycles. The summed E-state index contributed by atoms with van der Waals surface area (Å²) in [4.78, 5) is 1.01. The Balaban J connectivity index is 1.76. The van der Waals surface area contributed by atoms with Gasteiger partial charge in [0, 0.05) is 31.4 Å². The molecule has 1 aliphatic rings. The fourth-order valence-electron chi connectivity index (χ4n) is 4.66. The number of hydrogen-bond donors (Lipinski definition) is 0. The van der Waals surface area contributed by atoms with Crippen LogP contribution in [0.25, 0.3) is 31.4 Å². The highest BCUT2D eigenvalue weighted by Gasteiger charge is 2.79. The minimum absolute atomic E-state index is 0.199. The van der Waals surface area contributed by atoms with Gasteiger partial charge in [-0.3, -0.25) is 0 Å². The van der Waals surface area contributed by atoms with E-state index < -0.39 is 35.3 Å². The number of terminal acetylenes is 1. The molecule has 0 N–H and O–H groups in total. The van der Waals surface area contributed by atoms with E-state index in [-0.39, 0.29) is 10.4 Å². The molecule has 0 amide bonds. The van der Waals surface area contributed by atoms with Gasteiger partial charge in [0.05, 0.1) is 0 Å². The number of allylic oxidation sites excluding steroid dienone is 3. The van der Waals surface area contributed by atoms with Crippen LogP contribution in [0.3, 0.4) is 0 Å². The van der Waals surface area contributed by atoms with Crippen LogP contribution in [0, 0.1) is 11.7 Å². The molecule has 0 bridgehead atoms. The number of rotatable bonds is 7. The Morgan fingerprint density at radius 1 is 0.775 bits per heavy atom. The van der Waals surface area contributed by atoms with Gasteiger partial charge in [-0.2, -0.15) is 26.3 Å². The highest BCUT2D eigenvalue weighted by Crippen LogP contribution is 2.64. The molecule has 0 aliphatic heterocycles. The predicted octanol–water partition coefficient (Wildman–Crippen LogP) is 10.5. The first-order valence-corrected chi connectivity index (χ1v) is 13.7. The molecular weight excluding hydrogens is 562 g/mol. The number of thiophene rings is 1. The van der Waals surface area contributed by atoms with Gasteiger partial charge in [0.15, 0.2) is 0 Å². The van der Waals surface area contributed by atoms with Crippen molar-refractivity contribution < 1.29 is 26.3 Å². The third kappa shape index (κ3) is 4.67. The van der Waals surface area contributed by atoms with Crippen LogP contribution in [0.5, 0.6) is 0 Å². The standard InChI is InChI=1S/C32H20F6S2/c1-2-39-26(21-12-6-3-7-13-21)19-18-25-28(31(35,36)32(37,38)30(25,33)34)24-20-27(22-14-8-4-9-15-22)40-29(24)23-16-10-5-11-17-23/h1,3-17,19-20H,18H2/b26-19-. The average Bonchev–Trinajstić information content (AvgIpc) is 3.43. The van der Waals surface area contributed by atoms with E-state index in [4.69, 9.17) is 6.42 Å². The van der Waals surface area contributed by atoms with E-state index in [1.165, 1.54) is 12.1 Å². The molecule has 1 aromatic heterocycles. The summed E-state index contributed by atoms with van der Waals surface area (Å²) in [5, 5.41) is 2.34. The minimum Gasteiger partial charge on any atom is -0.194 e. The normalized spacial score (nSPS) is 17.6. The Hall–Kier alpha value is -3.67. The van der Waals surface area contributed by atoms with E-state index >= 15 is 17.6 Å². The summed E-state index contributed by atoms with van der Waals surface area (Å²) in [5.41, 5.74) is -1.37. The van der Waals surface area contributed by atoms with Gasteiger partial charge in [-0.1, -0.05) is 97.1 Å². The Morgan fingerprint density at radius 3 is 1.90 bits per heavy atom. The molecule has 0 atom stereocenters. The van der Waals surface area contributed by atoms with Crippen molar-refractivity contribution in [1.82, 2.24) is 0 Å². The molecule has 8 heteroatoms. The third-order valence-corrected chi connectivity index (χ3v) is 8.57. The molecule has 0 saturated heterocycles. The largest absolute Gasteiger partial charge is 0.380 e. The lowest BCUT2D eigenvalue weighted by molar-refractivity contribution is -0.260. The van der Waals surface area contributed by atoms with Crippen LogP contribution in [0.2, 0.25) is 0 Å². The lowest BCUT2D eigenvalue weighted by atomic mass is 9.95. The first-order chi connectivity index (χ1) is 19.1. The van der Waals surface area contributed by atoms with Gasteiger partial charge >= 0.3 is 17.8 Å². The number of benzene rings is 3. The summed E-state index contributed by atoms with van der Waals surface area (Å²) in [6.07, 6.45) is 5.79. The number of hydrogen-bond acceptors (Lipinski definition) is 2. The summed E-state index contributed by atoms with van der Waals surface area (Å²) in [7, 11) is 0. The molecule has 5 rings (SSSR count). The highest BCUT2D eigenvalue weighted by atomic mass is 32.2. The Labute approximate surface area is 236 Å². The van der Waals surface area contributed by atoms with Crippen LogP contribution >= 0.6 is 23.1 Å². The van der Waals surface area contributed by atoms with Crippen molar-refractivity contribution in [3.63, 3.8) is 0 Å². The molecule has 0 radical (unpaired) electrons. The van der Waals surface area contributed by atoms with E-state index in [9.17, 15) is 8.78 Å². The van der Waals surface area contributed by atoms with Crippen LogP contribution in [0.1, 0.15) is 17.5 Å². The van der Waals surface area contributed by atoms with Crippen LogP contribution in [0.4, 0.5) is 26.3 Å². The maximum absolute atomic E-state index is 15.6.